The molecule has 2 aromatic rings. The van der Waals surface area contributed by atoms with E-state index in [0.29, 0.717) is 19.0 Å². The Labute approximate surface area is 169 Å². The Kier molecular flexibility index (Phi) is 5.92. The predicted octanol–water partition coefficient (Wildman–Crippen LogP) is 2.82. The van der Waals surface area contributed by atoms with Gasteiger partial charge in [0, 0.05) is 30.9 Å². The molecule has 0 aromatic heterocycles. The molecule has 1 saturated heterocycles. The summed E-state index contributed by atoms with van der Waals surface area (Å²) in [6.45, 7) is 3.03. The van der Waals surface area contributed by atoms with Crippen LogP contribution in [-0.2, 0) is 20.0 Å². The number of sulfonamides is 2. The second kappa shape index (κ2) is 8.09. The van der Waals surface area contributed by atoms with Crippen LogP contribution in [0.25, 0.3) is 0 Å². The van der Waals surface area contributed by atoms with E-state index in [1.54, 1.807) is 0 Å². The van der Waals surface area contributed by atoms with Crippen molar-refractivity contribution in [1.29, 1.82) is 0 Å². The van der Waals surface area contributed by atoms with Gasteiger partial charge in [0.2, 0.25) is 10.0 Å². The molecule has 0 radical (unpaired) electrons. The van der Waals surface area contributed by atoms with Gasteiger partial charge in [-0.25, -0.2) is 16.8 Å². The zero-order valence-electron chi connectivity index (χ0n) is 15.7. The van der Waals surface area contributed by atoms with E-state index in [-0.39, 0.29) is 21.2 Å². The van der Waals surface area contributed by atoms with Crippen LogP contribution in [0.5, 0.6) is 0 Å². The maximum Gasteiger partial charge on any atom is 0.269 e. The van der Waals surface area contributed by atoms with Gasteiger partial charge < -0.3 is 0 Å². The highest BCUT2D eigenvalue weighted by Crippen LogP contribution is 2.25. The minimum Gasteiger partial charge on any atom is -0.280 e. The first-order valence-electron chi connectivity index (χ1n) is 8.97. The van der Waals surface area contributed by atoms with E-state index >= 15 is 0 Å². The number of nitro groups is 1. The SMILES string of the molecule is CC1CCN(S(=O)(=O)c2ccc(NS(=O)(=O)c3ccc([N+](=O)[O-])cc3)cc2)CC1. The van der Waals surface area contributed by atoms with Crippen LogP contribution in [-0.4, -0.2) is 39.2 Å². The molecule has 1 aliphatic heterocycles. The average molecular weight is 440 g/mol. The molecule has 1 heterocycles. The summed E-state index contributed by atoms with van der Waals surface area (Å²) in [5.74, 6) is 0.498. The molecular weight excluding hydrogens is 418 g/mol. The lowest BCUT2D eigenvalue weighted by Gasteiger charge is -2.29. The Morgan fingerprint density at radius 3 is 1.97 bits per heavy atom. The summed E-state index contributed by atoms with van der Waals surface area (Å²) in [4.78, 5) is 10.0. The summed E-state index contributed by atoms with van der Waals surface area (Å²) in [7, 11) is -7.58. The van der Waals surface area contributed by atoms with E-state index in [0.717, 1.165) is 37.1 Å². The maximum absolute atomic E-state index is 12.7. The molecule has 0 unspecified atom stereocenters. The molecule has 29 heavy (non-hydrogen) atoms. The summed E-state index contributed by atoms with van der Waals surface area (Å²) in [5, 5.41) is 10.7. The zero-order valence-corrected chi connectivity index (χ0v) is 17.3. The predicted molar refractivity (Wildman–Crippen MR) is 108 cm³/mol. The van der Waals surface area contributed by atoms with Crippen molar-refractivity contribution in [3.8, 4) is 0 Å². The Morgan fingerprint density at radius 1 is 0.931 bits per heavy atom. The van der Waals surface area contributed by atoms with Gasteiger partial charge in [0.05, 0.1) is 14.7 Å². The molecule has 1 fully saturated rings. The molecule has 0 bridgehead atoms. The van der Waals surface area contributed by atoms with E-state index < -0.39 is 25.0 Å². The third-order valence-electron chi connectivity index (χ3n) is 4.84. The fraction of sp³-hybridized carbons (Fsp3) is 0.333. The summed E-state index contributed by atoms with van der Waals surface area (Å²) >= 11 is 0. The molecular formula is C18H21N3O6S2. The van der Waals surface area contributed by atoms with E-state index in [1.807, 2.05) is 0 Å². The highest BCUT2D eigenvalue weighted by atomic mass is 32.2. The first kappa shape index (κ1) is 21.2. The Morgan fingerprint density at radius 2 is 1.45 bits per heavy atom. The van der Waals surface area contributed by atoms with Crippen LogP contribution in [0, 0.1) is 16.0 Å². The van der Waals surface area contributed by atoms with E-state index in [1.165, 1.54) is 28.6 Å². The number of non-ortho nitro benzene ring substituents is 1. The molecule has 0 atom stereocenters. The third-order valence-corrected chi connectivity index (χ3v) is 8.15. The van der Waals surface area contributed by atoms with Gasteiger partial charge in [0.25, 0.3) is 15.7 Å². The standard InChI is InChI=1S/C18H21N3O6S2/c1-14-10-12-20(13-11-14)29(26,27)18-6-2-15(3-7-18)19-28(24,25)17-8-4-16(5-9-17)21(22)23/h2-9,14,19H,10-13H2,1H3. The summed E-state index contributed by atoms with van der Waals surface area (Å²) in [6, 6.07) is 9.95. The van der Waals surface area contributed by atoms with Crippen LogP contribution in [0.3, 0.4) is 0 Å². The smallest absolute Gasteiger partial charge is 0.269 e. The minimum atomic E-state index is -3.96. The van der Waals surface area contributed by atoms with E-state index in [9.17, 15) is 26.9 Å². The van der Waals surface area contributed by atoms with E-state index in [4.69, 9.17) is 0 Å². The number of anilines is 1. The van der Waals surface area contributed by atoms with Crippen LogP contribution in [0.4, 0.5) is 11.4 Å². The maximum atomic E-state index is 12.7. The summed E-state index contributed by atoms with van der Waals surface area (Å²) in [6.07, 6.45) is 1.62. The van der Waals surface area contributed by atoms with Crippen molar-refractivity contribution in [3.63, 3.8) is 0 Å². The largest absolute Gasteiger partial charge is 0.280 e. The zero-order chi connectivity index (χ0) is 21.2. The second-order valence-electron chi connectivity index (χ2n) is 6.97. The molecule has 3 rings (SSSR count). The molecule has 0 aliphatic carbocycles. The van der Waals surface area contributed by atoms with Gasteiger partial charge in [-0.15, -0.1) is 0 Å². The topological polar surface area (TPSA) is 127 Å². The average Bonchev–Trinajstić information content (AvgIpc) is 2.68. The number of hydrogen-bond acceptors (Lipinski definition) is 6. The minimum absolute atomic E-state index is 0.102. The van der Waals surface area contributed by atoms with Crippen molar-refractivity contribution >= 4 is 31.4 Å². The van der Waals surface area contributed by atoms with Gasteiger partial charge in [0.1, 0.15) is 0 Å². The van der Waals surface area contributed by atoms with Gasteiger partial charge in [-0.3, -0.25) is 14.8 Å². The van der Waals surface area contributed by atoms with Crippen LogP contribution >= 0.6 is 0 Å². The fourth-order valence-corrected chi connectivity index (χ4v) is 5.56. The van der Waals surface area contributed by atoms with Crippen molar-refractivity contribution < 1.29 is 21.8 Å². The Balaban J connectivity index is 1.75. The van der Waals surface area contributed by atoms with Gasteiger partial charge in [-0.2, -0.15) is 4.31 Å². The first-order valence-corrected chi connectivity index (χ1v) is 11.9. The van der Waals surface area contributed by atoms with Gasteiger partial charge in [-0.05, 0) is 55.2 Å². The lowest BCUT2D eigenvalue weighted by molar-refractivity contribution is -0.384. The fourth-order valence-electron chi connectivity index (χ4n) is 3.03. The number of rotatable bonds is 6. The second-order valence-corrected chi connectivity index (χ2v) is 10.6. The number of nitrogens with zero attached hydrogens (tertiary/aromatic N) is 2. The van der Waals surface area contributed by atoms with Crippen LogP contribution < -0.4 is 4.72 Å². The Hall–Kier alpha value is -2.50. The normalized spacial score (nSPS) is 16.4. The monoisotopic (exact) mass is 439 g/mol. The highest BCUT2D eigenvalue weighted by Gasteiger charge is 2.28. The lowest BCUT2D eigenvalue weighted by Crippen LogP contribution is -2.37. The molecule has 11 heteroatoms. The Bertz CT molecular complexity index is 1090. The molecule has 0 saturated carbocycles. The number of benzene rings is 2. The van der Waals surface area contributed by atoms with Gasteiger partial charge in [0.15, 0.2) is 0 Å². The van der Waals surface area contributed by atoms with Crippen LogP contribution in [0.15, 0.2) is 58.3 Å². The van der Waals surface area contributed by atoms with Crippen LogP contribution in [0.1, 0.15) is 19.8 Å². The highest BCUT2D eigenvalue weighted by molar-refractivity contribution is 7.92. The van der Waals surface area contributed by atoms with Crippen molar-refractivity contribution in [2.24, 2.45) is 5.92 Å². The molecule has 0 spiro atoms. The molecule has 2 aromatic carbocycles. The van der Waals surface area contributed by atoms with Crippen molar-refractivity contribution in [3.05, 3.63) is 58.6 Å². The number of piperidine rings is 1. The van der Waals surface area contributed by atoms with Crippen molar-refractivity contribution in [2.45, 2.75) is 29.6 Å². The number of nitrogens with one attached hydrogen (secondary N) is 1. The van der Waals surface area contributed by atoms with Gasteiger partial charge in [-0.1, -0.05) is 6.92 Å². The summed E-state index contributed by atoms with van der Waals surface area (Å²) in [5.41, 5.74) is -0.0276. The van der Waals surface area contributed by atoms with Crippen molar-refractivity contribution in [2.75, 3.05) is 17.8 Å². The lowest BCUT2D eigenvalue weighted by atomic mass is 10.0. The molecule has 1 aliphatic rings. The molecule has 9 nitrogen and oxygen atoms in total. The first-order chi connectivity index (χ1) is 13.6. The number of nitro benzene ring substituents is 1. The van der Waals surface area contributed by atoms with Gasteiger partial charge >= 0.3 is 0 Å². The van der Waals surface area contributed by atoms with E-state index in [2.05, 4.69) is 11.6 Å². The quantitative estimate of drug-likeness (QED) is 0.545. The molecule has 156 valence electrons. The van der Waals surface area contributed by atoms with Crippen molar-refractivity contribution in [1.82, 2.24) is 4.31 Å². The summed E-state index contributed by atoms with van der Waals surface area (Å²) < 4.78 is 54.1. The third kappa shape index (κ3) is 4.74. The number of hydrogen-bond donors (Lipinski definition) is 1. The molecule has 1 N–H and O–H groups in total. The molecule has 0 amide bonds. The van der Waals surface area contributed by atoms with Crippen LogP contribution in [0.2, 0.25) is 0 Å².